The van der Waals surface area contributed by atoms with Gasteiger partial charge in [-0.05, 0) is 17.7 Å². The van der Waals surface area contributed by atoms with Gasteiger partial charge in [0.15, 0.2) is 5.43 Å². The van der Waals surface area contributed by atoms with Crippen LogP contribution in [0.25, 0.3) is 5.65 Å². The Morgan fingerprint density at radius 1 is 1.10 bits per heavy atom. The summed E-state index contributed by atoms with van der Waals surface area (Å²) in [5, 5.41) is 0. The van der Waals surface area contributed by atoms with Crippen LogP contribution in [-0.2, 0) is 12.6 Å². The highest BCUT2D eigenvalue weighted by Crippen LogP contribution is 2.29. The molecule has 0 saturated heterocycles. The van der Waals surface area contributed by atoms with E-state index in [-0.39, 0.29) is 5.43 Å². The van der Waals surface area contributed by atoms with E-state index < -0.39 is 11.7 Å². The summed E-state index contributed by atoms with van der Waals surface area (Å²) in [6.07, 6.45) is -0.398. The molecule has 108 valence electrons. The average molecular weight is 292 g/mol. The zero-order valence-electron chi connectivity index (χ0n) is 10.8. The van der Waals surface area contributed by atoms with Crippen molar-refractivity contribution in [3.05, 3.63) is 75.8 Å². The summed E-state index contributed by atoms with van der Waals surface area (Å²) in [7, 11) is 0. The number of hydrogen-bond acceptors (Lipinski definition) is 1. The van der Waals surface area contributed by atoms with Crippen LogP contribution in [0.3, 0.4) is 0 Å². The SMILES string of the molecule is O=c1ccn2cc(Cc3ccc(C(F)(F)F)cc3)[nH]c2c1. The number of benzene rings is 1. The van der Waals surface area contributed by atoms with Crippen LogP contribution in [-0.4, -0.2) is 9.38 Å². The molecule has 6 heteroatoms. The van der Waals surface area contributed by atoms with Crippen LogP contribution in [0, 0.1) is 0 Å². The molecule has 2 heterocycles. The minimum Gasteiger partial charge on any atom is -0.343 e. The molecule has 0 saturated carbocycles. The number of H-pyrrole nitrogens is 1. The number of hydrogen-bond donors (Lipinski definition) is 1. The second kappa shape index (κ2) is 4.80. The first-order chi connectivity index (χ1) is 9.91. The van der Waals surface area contributed by atoms with Crippen molar-refractivity contribution in [1.82, 2.24) is 9.38 Å². The molecular formula is C15H11F3N2O. The molecule has 0 spiro atoms. The normalized spacial score (nSPS) is 12.0. The van der Waals surface area contributed by atoms with Crippen LogP contribution in [0.4, 0.5) is 13.2 Å². The molecule has 1 aromatic carbocycles. The molecule has 0 atom stereocenters. The number of fused-ring (bicyclic) bond motifs is 1. The highest BCUT2D eigenvalue weighted by molar-refractivity contribution is 5.40. The summed E-state index contributed by atoms with van der Waals surface area (Å²) < 4.78 is 39.2. The van der Waals surface area contributed by atoms with E-state index >= 15 is 0 Å². The fraction of sp³-hybridized carbons (Fsp3) is 0.133. The van der Waals surface area contributed by atoms with Crippen molar-refractivity contribution < 1.29 is 13.2 Å². The number of imidazole rings is 1. The first-order valence-electron chi connectivity index (χ1n) is 6.28. The van der Waals surface area contributed by atoms with Crippen molar-refractivity contribution >= 4 is 5.65 Å². The zero-order chi connectivity index (χ0) is 15.0. The van der Waals surface area contributed by atoms with Gasteiger partial charge in [0.25, 0.3) is 0 Å². The van der Waals surface area contributed by atoms with Gasteiger partial charge >= 0.3 is 6.18 Å². The fourth-order valence-corrected chi connectivity index (χ4v) is 2.19. The van der Waals surface area contributed by atoms with Gasteiger partial charge in [0, 0.05) is 36.6 Å². The van der Waals surface area contributed by atoms with Gasteiger partial charge in [0.05, 0.1) is 5.56 Å². The summed E-state index contributed by atoms with van der Waals surface area (Å²) >= 11 is 0. The number of nitrogens with zero attached hydrogens (tertiary/aromatic N) is 1. The number of aromatic nitrogens is 2. The number of nitrogens with one attached hydrogen (secondary N) is 1. The molecule has 2 aromatic heterocycles. The van der Waals surface area contributed by atoms with Gasteiger partial charge in [-0.1, -0.05) is 12.1 Å². The van der Waals surface area contributed by atoms with Crippen molar-refractivity contribution in [2.45, 2.75) is 12.6 Å². The van der Waals surface area contributed by atoms with Crippen LogP contribution in [0.2, 0.25) is 0 Å². The van der Waals surface area contributed by atoms with Crippen LogP contribution in [0.1, 0.15) is 16.8 Å². The molecular weight excluding hydrogens is 281 g/mol. The Labute approximate surface area is 117 Å². The van der Waals surface area contributed by atoms with E-state index in [1.54, 1.807) is 10.6 Å². The molecule has 3 rings (SSSR count). The number of pyridine rings is 1. The van der Waals surface area contributed by atoms with E-state index in [0.717, 1.165) is 23.4 Å². The number of rotatable bonds is 2. The maximum atomic E-state index is 12.5. The minimum absolute atomic E-state index is 0.0991. The van der Waals surface area contributed by atoms with E-state index in [9.17, 15) is 18.0 Å². The van der Waals surface area contributed by atoms with Crippen LogP contribution in [0.5, 0.6) is 0 Å². The van der Waals surface area contributed by atoms with Gasteiger partial charge < -0.3 is 9.38 Å². The van der Waals surface area contributed by atoms with Gasteiger partial charge in [-0.3, -0.25) is 4.79 Å². The largest absolute Gasteiger partial charge is 0.416 e. The Morgan fingerprint density at radius 2 is 1.81 bits per heavy atom. The Balaban J connectivity index is 1.86. The molecule has 3 nitrogen and oxygen atoms in total. The number of halogens is 3. The lowest BCUT2D eigenvalue weighted by molar-refractivity contribution is -0.137. The maximum absolute atomic E-state index is 12.5. The van der Waals surface area contributed by atoms with Crippen LogP contribution in [0.15, 0.2) is 53.6 Å². The monoisotopic (exact) mass is 292 g/mol. The van der Waals surface area contributed by atoms with Gasteiger partial charge in [-0.2, -0.15) is 13.2 Å². The Morgan fingerprint density at radius 3 is 2.48 bits per heavy atom. The van der Waals surface area contributed by atoms with Crippen molar-refractivity contribution in [2.75, 3.05) is 0 Å². The molecule has 0 aliphatic carbocycles. The highest BCUT2D eigenvalue weighted by atomic mass is 19.4. The van der Waals surface area contributed by atoms with E-state index in [4.69, 9.17) is 0 Å². The fourth-order valence-electron chi connectivity index (χ4n) is 2.19. The number of alkyl halides is 3. The Kier molecular flexibility index (Phi) is 3.08. The van der Waals surface area contributed by atoms with Crippen LogP contribution < -0.4 is 5.43 Å². The standard InChI is InChI=1S/C15H11F3N2O/c16-15(17,18)11-3-1-10(2-4-11)7-12-9-20-6-5-13(21)8-14(20)19-12/h1-6,8-9,19H,7H2. The molecule has 0 fully saturated rings. The molecule has 21 heavy (non-hydrogen) atoms. The third-order valence-corrected chi connectivity index (χ3v) is 3.22. The number of aromatic amines is 1. The van der Waals surface area contributed by atoms with E-state index in [0.29, 0.717) is 12.1 Å². The summed E-state index contributed by atoms with van der Waals surface area (Å²) in [5.41, 5.74) is 1.48. The van der Waals surface area contributed by atoms with Gasteiger partial charge in [-0.15, -0.1) is 0 Å². The van der Waals surface area contributed by atoms with Crippen molar-refractivity contribution in [3.63, 3.8) is 0 Å². The lowest BCUT2D eigenvalue weighted by Gasteiger charge is -2.07. The predicted molar refractivity (Wildman–Crippen MR) is 72.3 cm³/mol. The highest BCUT2D eigenvalue weighted by Gasteiger charge is 2.29. The third-order valence-electron chi connectivity index (χ3n) is 3.22. The van der Waals surface area contributed by atoms with Crippen molar-refractivity contribution in [2.24, 2.45) is 0 Å². The lowest BCUT2D eigenvalue weighted by Crippen LogP contribution is -2.04. The molecule has 1 N–H and O–H groups in total. The van der Waals surface area contributed by atoms with Crippen molar-refractivity contribution in [3.8, 4) is 0 Å². The second-order valence-corrected chi connectivity index (χ2v) is 4.81. The van der Waals surface area contributed by atoms with E-state index in [2.05, 4.69) is 4.98 Å². The second-order valence-electron chi connectivity index (χ2n) is 4.81. The molecule has 0 unspecified atom stereocenters. The molecule has 0 amide bonds. The molecule has 0 aliphatic rings. The zero-order valence-corrected chi connectivity index (χ0v) is 10.8. The lowest BCUT2D eigenvalue weighted by atomic mass is 10.1. The molecule has 0 bridgehead atoms. The summed E-state index contributed by atoms with van der Waals surface area (Å²) in [4.78, 5) is 14.3. The third kappa shape index (κ3) is 2.84. The average Bonchev–Trinajstić information content (AvgIpc) is 2.79. The van der Waals surface area contributed by atoms with E-state index in [1.807, 2.05) is 6.20 Å². The minimum atomic E-state index is -4.32. The van der Waals surface area contributed by atoms with Crippen molar-refractivity contribution in [1.29, 1.82) is 0 Å². The first kappa shape index (κ1) is 13.5. The molecule has 0 aliphatic heterocycles. The summed E-state index contributed by atoms with van der Waals surface area (Å²) in [6, 6.07) is 7.97. The first-order valence-corrected chi connectivity index (χ1v) is 6.28. The van der Waals surface area contributed by atoms with Gasteiger partial charge in [0.2, 0.25) is 0 Å². The smallest absolute Gasteiger partial charge is 0.343 e. The molecule has 0 radical (unpaired) electrons. The van der Waals surface area contributed by atoms with Gasteiger partial charge in [0.1, 0.15) is 5.65 Å². The topological polar surface area (TPSA) is 37.3 Å². The Bertz CT molecular complexity index is 828. The summed E-state index contributed by atoms with van der Waals surface area (Å²) in [6.45, 7) is 0. The van der Waals surface area contributed by atoms with E-state index in [1.165, 1.54) is 24.3 Å². The quantitative estimate of drug-likeness (QED) is 0.773. The van der Waals surface area contributed by atoms with Gasteiger partial charge in [-0.25, -0.2) is 0 Å². The predicted octanol–water partition coefficient (Wildman–Crippen LogP) is 3.24. The van der Waals surface area contributed by atoms with Crippen LogP contribution >= 0.6 is 0 Å². The molecule has 3 aromatic rings. The summed E-state index contributed by atoms with van der Waals surface area (Å²) in [5.74, 6) is 0. The Hall–Kier alpha value is -2.50. The maximum Gasteiger partial charge on any atom is 0.416 e.